The Morgan fingerprint density at radius 1 is 1.50 bits per heavy atom. The molecule has 2 saturated heterocycles. The molecule has 1 aromatic rings. The van der Waals surface area contributed by atoms with Crippen LogP contribution in [0.1, 0.15) is 18.4 Å². The van der Waals surface area contributed by atoms with E-state index in [0.717, 1.165) is 48.5 Å². The standard InChI is InChI=1S/C21H22N2O3/c1-3-13-8-12-10-21(20(25)26-2)18-15(6-7-23(11-12)19(13)21)16-9-14(24)4-5-17(16)22-18/h3-6,9,12-13,19,24H,1,7-8,10-11H2,2H3. The molecular formula is C21H22N2O3. The van der Waals surface area contributed by atoms with E-state index >= 15 is 0 Å². The van der Waals surface area contributed by atoms with E-state index in [4.69, 9.17) is 9.73 Å². The van der Waals surface area contributed by atoms with E-state index in [-0.39, 0.29) is 23.7 Å². The first-order valence-electron chi connectivity index (χ1n) is 9.16. The number of aromatic hydroxyl groups is 1. The fourth-order valence-electron chi connectivity index (χ4n) is 5.74. The summed E-state index contributed by atoms with van der Waals surface area (Å²) in [6.45, 7) is 5.81. The number of nitrogens with zero attached hydrogens (tertiary/aromatic N) is 2. The minimum Gasteiger partial charge on any atom is -0.508 e. The highest BCUT2D eigenvalue weighted by atomic mass is 16.5. The molecule has 4 bridgehead atoms. The van der Waals surface area contributed by atoms with E-state index in [2.05, 4.69) is 17.6 Å². The van der Waals surface area contributed by atoms with Gasteiger partial charge in [0, 0.05) is 30.3 Å². The van der Waals surface area contributed by atoms with E-state index in [1.807, 2.05) is 12.1 Å². The molecule has 134 valence electrons. The highest BCUT2D eigenvalue weighted by Gasteiger charge is 2.63. The lowest BCUT2D eigenvalue weighted by atomic mass is 9.56. The lowest BCUT2D eigenvalue weighted by Gasteiger charge is -2.57. The molecule has 1 aromatic carbocycles. The summed E-state index contributed by atoms with van der Waals surface area (Å²) in [6.07, 6.45) is 6.00. The van der Waals surface area contributed by atoms with Crippen LogP contribution in [0.5, 0.6) is 5.75 Å². The molecule has 5 aliphatic rings. The molecule has 0 radical (unpaired) electrons. The number of fused-ring (bicyclic) bond motifs is 4. The minimum atomic E-state index is -0.772. The van der Waals surface area contributed by atoms with Gasteiger partial charge < -0.3 is 9.84 Å². The van der Waals surface area contributed by atoms with Gasteiger partial charge in [-0.05, 0) is 42.9 Å². The molecule has 5 atom stereocenters. The number of carbonyl (C=O) groups is 1. The fraction of sp³-hybridized carbons (Fsp3) is 0.429. The Morgan fingerprint density at radius 3 is 3.12 bits per heavy atom. The molecule has 3 fully saturated rings. The van der Waals surface area contributed by atoms with E-state index < -0.39 is 5.41 Å². The number of aliphatic imine (C=N–C) groups is 1. The molecule has 5 unspecified atom stereocenters. The maximum Gasteiger partial charge on any atom is 0.319 e. The zero-order valence-electron chi connectivity index (χ0n) is 14.8. The number of hydrogen-bond acceptors (Lipinski definition) is 5. The van der Waals surface area contributed by atoms with E-state index in [1.165, 1.54) is 7.11 Å². The van der Waals surface area contributed by atoms with Crippen molar-refractivity contribution >= 4 is 22.9 Å². The summed E-state index contributed by atoms with van der Waals surface area (Å²) in [5, 5.41) is 9.96. The summed E-state index contributed by atoms with van der Waals surface area (Å²) < 4.78 is 5.34. The number of allylic oxidation sites excluding steroid dienone is 1. The molecule has 6 rings (SSSR count). The lowest BCUT2D eigenvalue weighted by Crippen LogP contribution is -2.67. The average Bonchev–Trinajstić information content (AvgIpc) is 2.98. The summed E-state index contributed by atoms with van der Waals surface area (Å²) in [7, 11) is 1.47. The van der Waals surface area contributed by atoms with Crippen molar-refractivity contribution in [2.45, 2.75) is 18.9 Å². The van der Waals surface area contributed by atoms with Gasteiger partial charge in [0.1, 0.15) is 11.2 Å². The van der Waals surface area contributed by atoms with Crippen LogP contribution < -0.4 is 0 Å². The molecule has 0 spiro atoms. The first-order chi connectivity index (χ1) is 12.6. The van der Waals surface area contributed by atoms with Crippen LogP contribution in [0, 0.1) is 17.3 Å². The third-order valence-electron chi connectivity index (χ3n) is 6.58. The number of methoxy groups -OCH3 is 1. The second kappa shape index (κ2) is 5.30. The number of carbonyl (C=O) groups excluding carboxylic acids is 1. The van der Waals surface area contributed by atoms with Crippen LogP contribution in [0.25, 0.3) is 5.57 Å². The molecule has 5 heteroatoms. The van der Waals surface area contributed by atoms with E-state index in [1.54, 1.807) is 12.1 Å². The van der Waals surface area contributed by atoms with Crippen molar-refractivity contribution in [2.75, 3.05) is 20.2 Å². The van der Waals surface area contributed by atoms with Gasteiger partial charge in [-0.15, -0.1) is 6.58 Å². The van der Waals surface area contributed by atoms with Crippen molar-refractivity contribution in [2.24, 2.45) is 22.2 Å². The normalized spacial score (nSPS) is 36.3. The number of benzene rings is 1. The summed E-state index contributed by atoms with van der Waals surface area (Å²) in [5.41, 5.74) is 2.74. The fourth-order valence-corrected chi connectivity index (χ4v) is 5.74. The largest absolute Gasteiger partial charge is 0.508 e. The van der Waals surface area contributed by atoms with Crippen LogP contribution in [0.15, 0.2) is 41.9 Å². The Balaban J connectivity index is 1.76. The Morgan fingerprint density at radius 2 is 2.35 bits per heavy atom. The van der Waals surface area contributed by atoms with Gasteiger partial charge >= 0.3 is 5.97 Å². The Kier molecular flexibility index (Phi) is 3.23. The number of rotatable bonds is 2. The van der Waals surface area contributed by atoms with Crippen LogP contribution in [0.4, 0.5) is 5.69 Å². The molecule has 5 nitrogen and oxygen atoms in total. The van der Waals surface area contributed by atoms with Crippen molar-refractivity contribution in [3.05, 3.63) is 42.5 Å². The predicted octanol–water partition coefficient (Wildman–Crippen LogP) is 2.93. The number of hydrogen-bond donors (Lipinski definition) is 1. The molecule has 26 heavy (non-hydrogen) atoms. The van der Waals surface area contributed by atoms with Crippen molar-refractivity contribution < 1.29 is 14.6 Å². The molecule has 1 N–H and O–H groups in total. The number of piperidine rings is 2. The molecule has 1 saturated carbocycles. The van der Waals surface area contributed by atoms with Crippen LogP contribution >= 0.6 is 0 Å². The van der Waals surface area contributed by atoms with Gasteiger partial charge in [0.05, 0.1) is 18.5 Å². The summed E-state index contributed by atoms with van der Waals surface area (Å²) in [5.74, 6) is 0.683. The molecular weight excluding hydrogens is 328 g/mol. The number of ether oxygens (including phenoxy) is 1. The van der Waals surface area contributed by atoms with Crippen molar-refractivity contribution in [3.8, 4) is 5.75 Å². The smallest absolute Gasteiger partial charge is 0.319 e. The summed E-state index contributed by atoms with van der Waals surface area (Å²) >= 11 is 0. The van der Waals surface area contributed by atoms with Crippen molar-refractivity contribution in [1.82, 2.24) is 4.90 Å². The van der Waals surface area contributed by atoms with Crippen LogP contribution in [0.3, 0.4) is 0 Å². The number of esters is 1. The van der Waals surface area contributed by atoms with Crippen LogP contribution in [-0.4, -0.2) is 47.9 Å². The second-order valence-electron chi connectivity index (χ2n) is 7.85. The predicted molar refractivity (Wildman–Crippen MR) is 99.4 cm³/mol. The first-order valence-corrected chi connectivity index (χ1v) is 9.16. The molecule has 4 heterocycles. The Bertz CT molecular complexity index is 887. The van der Waals surface area contributed by atoms with Gasteiger partial charge in [0.25, 0.3) is 0 Å². The SMILES string of the molecule is C=CC1CC2CN3CC=C4C(=Nc5ccc(O)cc54)C(C(=O)OC)(C2)C13. The number of phenolic OH excluding ortho intramolecular Hbond substituents is 1. The Hall–Kier alpha value is -2.40. The number of phenols is 1. The third-order valence-corrected chi connectivity index (χ3v) is 6.58. The topological polar surface area (TPSA) is 62.1 Å². The zero-order chi connectivity index (χ0) is 18.1. The van der Waals surface area contributed by atoms with Gasteiger partial charge in [0.2, 0.25) is 0 Å². The van der Waals surface area contributed by atoms with Gasteiger partial charge in [-0.2, -0.15) is 0 Å². The monoisotopic (exact) mass is 350 g/mol. The quantitative estimate of drug-likeness (QED) is 0.658. The maximum atomic E-state index is 13.2. The highest BCUT2D eigenvalue weighted by Crippen LogP contribution is 2.57. The van der Waals surface area contributed by atoms with Gasteiger partial charge in [0.15, 0.2) is 0 Å². The average molecular weight is 350 g/mol. The molecule has 1 aliphatic carbocycles. The maximum absolute atomic E-state index is 13.2. The molecule has 4 aliphatic heterocycles. The molecule has 0 aromatic heterocycles. The summed E-state index contributed by atoms with van der Waals surface area (Å²) in [6, 6.07) is 5.23. The zero-order valence-corrected chi connectivity index (χ0v) is 14.8. The van der Waals surface area contributed by atoms with Crippen molar-refractivity contribution in [1.29, 1.82) is 0 Å². The van der Waals surface area contributed by atoms with E-state index in [0.29, 0.717) is 5.92 Å². The summed E-state index contributed by atoms with van der Waals surface area (Å²) in [4.78, 5) is 20.5. The minimum absolute atomic E-state index is 0.0212. The van der Waals surface area contributed by atoms with Gasteiger partial charge in [-0.3, -0.25) is 14.7 Å². The van der Waals surface area contributed by atoms with Gasteiger partial charge in [-0.25, -0.2) is 0 Å². The third kappa shape index (κ3) is 1.84. The van der Waals surface area contributed by atoms with E-state index in [9.17, 15) is 9.90 Å². The van der Waals surface area contributed by atoms with Gasteiger partial charge in [-0.1, -0.05) is 12.2 Å². The lowest BCUT2D eigenvalue weighted by molar-refractivity contribution is -0.162. The van der Waals surface area contributed by atoms with Crippen LogP contribution in [0.2, 0.25) is 0 Å². The molecule has 0 amide bonds. The second-order valence-corrected chi connectivity index (χ2v) is 7.85. The Labute approximate surface area is 152 Å². The first kappa shape index (κ1) is 15.8. The highest BCUT2D eigenvalue weighted by molar-refractivity contribution is 6.36. The van der Waals surface area contributed by atoms with Crippen LogP contribution in [-0.2, 0) is 9.53 Å². The van der Waals surface area contributed by atoms with Crippen molar-refractivity contribution in [3.63, 3.8) is 0 Å².